The number of aliphatic hydroxyl groups excluding tert-OH is 2. The highest BCUT2D eigenvalue weighted by Gasteiger charge is 2.55. The smallest absolute Gasteiger partial charge is 0.348 e. The van der Waals surface area contributed by atoms with Crippen molar-refractivity contribution >= 4 is 35.8 Å². The molecule has 0 bridgehead atoms. The molecule has 0 atom stereocenters. The predicted octanol–water partition coefficient (Wildman–Crippen LogP) is 6.02. The summed E-state index contributed by atoms with van der Waals surface area (Å²) < 4.78 is 44.6. The summed E-state index contributed by atoms with van der Waals surface area (Å²) in [6.45, 7) is 3.27. The summed E-state index contributed by atoms with van der Waals surface area (Å²) >= 11 is 0. The molecule has 7 rings (SSSR count). The zero-order valence-electron chi connectivity index (χ0n) is 32.1. The van der Waals surface area contributed by atoms with Gasteiger partial charge >= 0.3 is 35.8 Å². The highest BCUT2D eigenvalue weighted by molar-refractivity contribution is 6.16. The van der Waals surface area contributed by atoms with Gasteiger partial charge < -0.3 is 48.1 Å². The zero-order chi connectivity index (χ0) is 41.3. The average molecular weight is 805 g/mol. The minimum Gasteiger partial charge on any atom is -0.480 e. The van der Waals surface area contributed by atoms with Crippen LogP contribution in [0.25, 0.3) is 0 Å². The van der Waals surface area contributed by atoms with Crippen molar-refractivity contribution in [3.63, 3.8) is 0 Å². The Kier molecular flexibility index (Phi) is 10.9. The van der Waals surface area contributed by atoms with Crippen LogP contribution in [0.1, 0.15) is 104 Å². The molecule has 0 amide bonds. The lowest BCUT2D eigenvalue weighted by atomic mass is 9.87. The Hall–Kier alpha value is -6.06. The van der Waals surface area contributed by atoms with Crippen molar-refractivity contribution in [2.75, 3.05) is 0 Å². The molecule has 0 radical (unpaired) electrons. The fraction of sp³-hybridized carbons (Fsp3) is 0.476. The Bertz CT molecular complexity index is 1860. The van der Waals surface area contributed by atoms with Gasteiger partial charge in [0.15, 0.2) is 0 Å². The maximum absolute atomic E-state index is 13.1. The number of rotatable bonds is 6. The third kappa shape index (κ3) is 8.31. The molecule has 0 aromatic rings. The van der Waals surface area contributed by atoms with Crippen LogP contribution in [0, 0.1) is 0 Å². The van der Waals surface area contributed by atoms with E-state index < -0.39 is 70.9 Å². The van der Waals surface area contributed by atoms with E-state index in [1.165, 1.54) is 48.6 Å². The van der Waals surface area contributed by atoms with Gasteiger partial charge in [-0.3, -0.25) is 0 Å². The topological polar surface area (TPSA) is 217 Å². The van der Waals surface area contributed by atoms with E-state index in [0.29, 0.717) is 36.8 Å². The third-order valence-electron chi connectivity index (χ3n) is 11.1. The van der Waals surface area contributed by atoms with Crippen LogP contribution in [0.5, 0.6) is 0 Å². The van der Waals surface area contributed by atoms with Crippen molar-refractivity contribution in [2.24, 2.45) is 0 Å². The van der Waals surface area contributed by atoms with Crippen LogP contribution in [-0.4, -0.2) is 69.2 Å². The number of carbonyl (C=O) groups is 6. The van der Waals surface area contributed by atoms with Crippen molar-refractivity contribution in [1.82, 2.24) is 0 Å². The van der Waals surface area contributed by atoms with Gasteiger partial charge in [-0.2, -0.15) is 0 Å². The molecule has 58 heavy (non-hydrogen) atoms. The van der Waals surface area contributed by atoms with Gasteiger partial charge in [-0.05, 0) is 63.8 Å². The highest BCUT2D eigenvalue weighted by atomic mass is 16.8. The normalized spacial score (nSPS) is 25.6. The molecule has 3 aliphatic carbocycles. The molecule has 7 aliphatic rings. The number of aliphatic hydroxyl groups is 2. The van der Waals surface area contributed by atoms with E-state index in [-0.39, 0.29) is 48.0 Å². The third-order valence-corrected chi connectivity index (χ3v) is 11.1. The Morgan fingerprint density at radius 3 is 1.03 bits per heavy atom. The molecule has 4 heterocycles. The first-order valence-corrected chi connectivity index (χ1v) is 19.4. The summed E-state index contributed by atoms with van der Waals surface area (Å²) in [5.74, 6) is -11.9. The first-order chi connectivity index (χ1) is 27.6. The maximum atomic E-state index is 13.1. The summed E-state index contributed by atoms with van der Waals surface area (Å²) in [6.07, 6.45) is 17.5. The molecule has 16 heteroatoms. The molecular formula is C42H44O16. The van der Waals surface area contributed by atoms with Gasteiger partial charge in [0.1, 0.15) is 22.3 Å². The Morgan fingerprint density at radius 1 is 0.431 bits per heavy atom. The van der Waals surface area contributed by atoms with Crippen LogP contribution in [0.3, 0.4) is 0 Å². The largest absolute Gasteiger partial charge is 0.480 e. The van der Waals surface area contributed by atoms with Crippen LogP contribution >= 0.6 is 0 Å². The molecule has 4 aliphatic heterocycles. The molecule has 3 saturated carbocycles. The molecular weight excluding hydrogens is 760 g/mol. The molecule has 5 fully saturated rings. The molecule has 16 nitrogen and oxygen atoms in total. The van der Waals surface area contributed by atoms with Gasteiger partial charge in [0.05, 0.1) is 0 Å². The summed E-state index contributed by atoms with van der Waals surface area (Å²) in [5.41, 5.74) is -0.123. The van der Waals surface area contributed by atoms with E-state index in [0.717, 1.165) is 38.5 Å². The first kappa shape index (κ1) is 40.1. The van der Waals surface area contributed by atoms with Gasteiger partial charge in [0, 0.05) is 51.4 Å². The molecule has 308 valence electrons. The lowest BCUT2D eigenvalue weighted by Crippen LogP contribution is -2.53. The Labute approximate surface area is 333 Å². The van der Waals surface area contributed by atoms with E-state index >= 15 is 0 Å². The van der Waals surface area contributed by atoms with E-state index in [1.54, 1.807) is 13.8 Å². The minimum absolute atomic E-state index is 0.0754. The van der Waals surface area contributed by atoms with Gasteiger partial charge in [0.25, 0.3) is 35.0 Å². The standard InChI is InChI=1S/C42H44O16/c1-25(9-13-27-31(43)51-39(52-32(27)44)17-5-3-6-18-39)11-15-29-35(47)55-41(56-36(29)48)21-23-42(24-22-41)57-37(49)30(38(50)58-42)16-12-26(2)10-14-28-33(45)53-40(54-34(28)46)19-7-4-8-20-40/h9-16,47,49H,3-8,17-24H2,1-2H3/b15-11+,16-12?,25-9+,26-10?. The number of esters is 6. The van der Waals surface area contributed by atoms with Crippen LogP contribution in [0.4, 0.5) is 0 Å². The second-order valence-electron chi connectivity index (χ2n) is 15.4. The Morgan fingerprint density at radius 2 is 0.724 bits per heavy atom. The van der Waals surface area contributed by atoms with Gasteiger partial charge in [-0.1, -0.05) is 48.3 Å². The summed E-state index contributed by atoms with van der Waals surface area (Å²) in [4.78, 5) is 76.5. The average Bonchev–Trinajstić information content (AvgIpc) is 3.15. The van der Waals surface area contributed by atoms with Crippen molar-refractivity contribution in [1.29, 1.82) is 0 Å². The molecule has 0 aromatic carbocycles. The van der Waals surface area contributed by atoms with Gasteiger partial charge in [0.2, 0.25) is 0 Å². The SMILES string of the molecule is CC(C=CC1=C(O)OC2(CCC3(CC2)OC(=O)C(/C=C/C(C)=C/C=C2C(=O)OC4(CCCCC4)OC2=O)=C(O)O3)OC1=O)=CC=C1C(=O)OC2(CCCCC2)OC1=O. The predicted molar refractivity (Wildman–Crippen MR) is 196 cm³/mol. The second kappa shape index (κ2) is 15.7. The number of allylic oxidation sites excluding steroid dienone is 8. The molecule has 4 spiro atoms. The molecule has 0 unspecified atom stereocenters. The maximum Gasteiger partial charge on any atom is 0.348 e. The van der Waals surface area contributed by atoms with E-state index in [4.69, 9.17) is 37.9 Å². The first-order valence-electron chi connectivity index (χ1n) is 19.4. The van der Waals surface area contributed by atoms with E-state index in [2.05, 4.69) is 0 Å². The van der Waals surface area contributed by atoms with Crippen molar-refractivity contribution in [3.8, 4) is 0 Å². The van der Waals surface area contributed by atoms with Crippen LogP contribution in [-0.2, 0) is 66.7 Å². The van der Waals surface area contributed by atoms with Gasteiger partial charge in [-0.15, -0.1) is 0 Å². The van der Waals surface area contributed by atoms with Gasteiger partial charge in [-0.25, -0.2) is 28.8 Å². The lowest BCUT2D eigenvalue weighted by molar-refractivity contribution is -0.302. The van der Waals surface area contributed by atoms with E-state index in [1.807, 2.05) is 0 Å². The Balaban J connectivity index is 0.940. The lowest BCUT2D eigenvalue weighted by Gasteiger charge is -2.46. The molecule has 2 saturated heterocycles. The summed E-state index contributed by atoms with van der Waals surface area (Å²) in [5, 5.41) is 21.5. The number of carbonyl (C=O) groups excluding carboxylic acids is 6. The number of ether oxygens (including phenoxy) is 8. The van der Waals surface area contributed by atoms with E-state index in [9.17, 15) is 39.0 Å². The minimum atomic E-state index is -1.60. The molecule has 2 N–H and O–H groups in total. The quantitative estimate of drug-likeness (QED) is 0.103. The zero-order valence-corrected chi connectivity index (χ0v) is 32.1. The number of hydrogen-bond donors (Lipinski definition) is 2. The fourth-order valence-corrected chi connectivity index (χ4v) is 7.76. The van der Waals surface area contributed by atoms with Crippen molar-refractivity contribution < 1.29 is 76.9 Å². The van der Waals surface area contributed by atoms with Crippen molar-refractivity contribution in [2.45, 2.75) is 127 Å². The summed E-state index contributed by atoms with van der Waals surface area (Å²) in [7, 11) is 0. The monoisotopic (exact) mass is 804 g/mol. The second-order valence-corrected chi connectivity index (χ2v) is 15.4. The molecule has 0 aromatic heterocycles. The van der Waals surface area contributed by atoms with Crippen LogP contribution in [0.15, 0.2) is 93.9 Å². The van der Waals surface area contributed by atoms with Crippen LogP contribution in [0.2, 0.25) is 0 Å². The highest BCUT2D eigenvalue weighted by Crippen LogP contribution is 2.47. The fourth-order valence-electron chi connectivity index (χ4n) is 7.76. The van der Waals surface area contributed by atoms with Crippen molar-refractivity contribution in [3.05, 3.63) is 93.9 Å². The summed E-state index contributed by atoms with van der Waals surface area (Å²) in [6, 6.07) is 0. The van der Waals surface area contributed by atoms with Crippen LogP contribution < -0.4 is 0 Å². The number of hydrogen-bond acceptors (Lipinski definition) is 16.